The van der Waals surface area contributed by atoms with Gasteiger partial charge in [-0.05, 0) is 12.8 Å². The van der Waals surface area contributed by atoms with E-state index in [1.54, 1.807) is 0 Å². The van der Waals surface area contributed by atoms with Crippen LogP contribution in [0, 0.1) is 5.92 Å². The maximum atomic E-state index is 11.4. The van der Waals surface area contributed by atoms with Gasteiger partial charge in [0, 0.05) is 6.04 Å². The van der Waals surface area contributed by atoms with Gasteiger partial charge >= 0.3 is 12.0 Å². The van der Waals surface area contributed by atoms with Gasteiger partial charge in [-0.3, -0.25) is 9.59 Å². The van der Waals surface area contributed by atoms with Crippen LogP contribution in [-0.4, -0.2) is 35.6 Å². The standard InChI is InChI=1S/C10H17N3O4/c11-8(14)5-12-10(17)13-7-4-2-1-3-6(7)9(15)16/h6-7H,1-5H2,(H2,11,14)(H,15,16)(H2,12,13,17). The van der Waals surface area contributed by atoms with Gasteiger partial charge in [0.05, 0.1) is 12.5 Å². The number of hydrogen-bond donors (Lipinski definition) is 4. The monoisotopic (exact) mass is 243 g/mol. The summed E-state index contributed by atoms with van der Waals surface area (Å²) in [5.41, 5.74) is 4.87. The van der Waals surface area contributed by atoms with Crippen LogP contribution in [0.4, 0.5) is 4.79 Å². The van der Waals surface area contributed by atoms with Crippen molar-refractivity contribution in [3.05, 3.63) is 0 Å². The minimum absolute atomic E-state index is 0.254. The van der Waals surface area contributed by atoms with Gasteiger partial charge in [-0.25, -0.2) is 4.79 Å². The molecule has 1 saturated carbocycles. The molecule has 5 N–H and O–H groups in total. The molecule has 0 heterocycles. The summed E-state index contributed by atoms with van der Waals surface area (Å²) >= 11 is 0. The number of rotatable bonds is 4. The van der Waals surface area contributed by atoms with Crippen LogP contribution in [0.25, 0.3) is 0 Å². The molecule has 0 spiro atoms. The molecule has 1 aliphatic carbocycles. The summed E-state index contributed by atoms with van der Waals surface area (Å²) in [6.07, 6.45) is 2.96. The molecule has 96 valence electrons. The number of carbonyl (C=O) groups excluding carboxylic acids is 2. The van der Waals surface area contributed by atoms with E-state index in [9.17, 15) is 14.4 Å². The minimum Gasteiger partial charge on any atom is -0.481 e. The van der Waals surface area contributed by atoms with E-state index in [4.69, 9.17) is 10.8 Å². The number of carboxylic acids is 1. The van der Waals surface area contributed by atoms with Crippen LogP contribution in [0.2, 0.25) is 0 Å². The zero-order valence-electron chi connectivity index (χ0n) is 9.44. The Bertz CT molecular complexity index is 319. The first-order valence-electron chi connectivity index (χ1n) is 5.56. The molecular weight excluding hydrogens is 226 g/mol. The third kappa shape index (κ3) is 4.29. The molecule has 2 atom stereocenters. The first kappa shape index (κ1) is 13.3. The number of carboxylic acid groups (broad SMARTS) is 1. The van der Waals surface area contributed by atoms with Gasteiger partial charge < -0.3 is 21.5 Å². The number of amides is 3. The van der Waals surface area contributed by atoms with E-state index >= 15 is 0 Å². The summed E-state index contributed by atoms with van der Waals surface area (Å²) in [6.45, 7) is -0.254. The van der Waals surface area contributed by atoms with Crippen molar-refractivity contribution >= 4 is 17.9 Å². The zero-order chi connectivity index (χ0) is 12.8. The normalized spacial score (nSPS) is 23.8. The second-order valence-corrected chi connectivity index (χ2v) is 4.13. The Morgan fingerprint density at radius 1 is 1.24 bits per heavy atom. The largest absolute Gasteiger partial charge is 0.481 e. The second kappa shape index (κ2) is 6.07. The van der Waals surface area contributed by atoms with Crippen LogP contribution < -0.4 is 16.4 Å². The van der Waals surface area contributed by atoms with E-state index < -0.39 is 23.8 Å². The van der Waals surface area contributed by atoms with E-state index in [1.807, 2.05) is 0 Å². The van der Waals surface area contributed by atoms with Gasteiger partial charge in [0.2, 0.25) is 5.91 Å². The number of aliphatic carboxylic acids is 1. The lowest BCUT2D eigenvalue weighted by atomic mass is 9.84. The van der Waals surface area contributed by atoms with E-state index in [2.05, 4.69) is 10.6 Å². The van der Waals surface area contributed by atoms with Crippen molar-refractivity contribution in [2.75, 3.05) is 6.54 Å². The molecular formula is C10H17N3O4. The summed E-state index contributed by atoms with van der Waals surface area (Å²) in [5, 5.41) is 13.8. The fourth-order valence-corrected chi connectivity index (χ4v) is 1.99. The molecule has 7 nitrogen and oxygen atoms in total. The van der Waals surface area contributed by atoms with Crippen molar-refractivity contribution < 1.29 is 19.5 Å². The van der Waals surface area contributed by atoms with Gasteiger partial charge in [0.15, 0.2) is 0 Å². The predicted molar refractivity (Wildman–Crippen MR) is 59.1 cm³/mol. The van der Waals surface area contributed by atoms with Crippen LogP contribution in [0.5, 0.6) is 0 Å². The molecule has 0 radical (unpaired) electrons. The highest BCUT2D eigenvalue weighted by molar-refractivity contribution is 5.83. The van der Waals surface area contributed by atoms with Crippen LogP contribution in [-0.2, 0) is 9.59 Å². The van der Waals surface area contributed by atoms with Crippen molar-refractivity contribution in [1.82, 2.24) is 10.6 Å². The Balaban J connectivity index is 2.44. The van der Waals surface area contributed by atoms with E-state index in [0.29, 0.717) is 12.8 Å². The summed E-state index contributed by atoms with van der Waals surface area (Å²) < 4.78 is 0. The molecule has 7 heteroatoms. The number of hydrogen-bond acceptors (Lipinski definition) is 3. The van der Waals surface area contributed by atoms with Crippen molar-refractivity contribution in [2.45, 2.75) is 31.7 Å². The van der Waals surface area contributed by atoms with Crippen molar-refractivity contribution in [2.24, 2.45) is 11.7 Å². The Hall–Kier alpha value is -1.79. The third-order valence-electron chi connectivity index (χ3n) is 2.82. The van der Waals surface area contributed by atoms with Crippen molar-refractivity contribution in [3.8, 4) is 0 Å². The second-order valence-electron chi connectivity index (χ2n) is 4.13. The molecule has 17 heavy (non-hydrogen) atoms. The maximum absolute atomic E-state index is 11.4. The maximum Gasteiger partial charge on any atom is 0.315 e. The average Bonchev–Trinajstić information content (AvgIpc) is 2.27. The lowest BCUT2D eigenvalue weighted by Gasteiger charge is -2.29. The predicted octanol–water partition coefficient (Wildman–Crippen LogP) is -0.586. The summed E-state index contributed by atoms with van der Waals surface area (Å²) in [5.74, 6) is -2.09. The molecule has 0 aromatic rings. The molecule has 3 amide bonds. The molecule has 0 aliphatic heterocycles. The lowest BCUT2D eigenvalue weighted by Crippen LogP contribution is -2.50. The Morgan fingerprint density at radius 3 is 2.47 bits per heavy atom. The first-order valence-corrected chi connectivity index (χ1v) is 5.56. The third-order valence-corrected chi connectivity index (χ3v) is 2.82. The number of primary amides is 1. The fourth-order valence-electron chi connectivity index (χ4n) is 1.99. The molecule has 1 fully saturated rings. The van der Waals surface area contributed by atoms with Crippen molar-refractivity contribution in [3.63, 3.8) is 0 Å². The van der Waals surface area contributed by atoms with Crippen LogP contribution in [0.3, 0.4) is 0 Å². The number of carbonyl (C=O) groups is 3. The Kier molecular flexibility index (Phi) is 4.74. The molecule has 0 bridgehead atoms. The fraction of sp³-hybridized carbons (Fsp3) is 0.700. The highest BCUT2D eigenvalue weighted by Crippen LogP contribution is 2.24. The van der Waals surface area contributed by atoms with Crippen molar-refractivity contribution in [1.29, 1.82) is 0 Å². The molecule has 0 aromatic heterocycles. The smallest absolute Gasteiger partial charge is 0.315 e. The molecule has 1 aliphatic rings. The Labute approximate surface area is 98.7 Å². The van der Waals surface area contributed by atoms with Gasteiger partial charge in [0.1, 0.15) is 0 Å². The number of nitrogens with one attached hydrogen (secondary N) is 2. The molecule has 2 unspecified atom stereocenters. The number of nitrogens with two attached hydrogens (primary N) is 1. The lowest BCUT2D eigenvalue weighted by molar-refractivity contribution is -0.143. The van der Waals surface area contributed by atoms with Crippen LogP contribution >= 0.6 is 0 Å². The minimum atomic E-state index is -0.898. The molecule has 1 rings (SSSR count). The molecule has 0 aromatic carbocycles. The zero-order valence-corrected chi connectivity index (χ0v) is 9.44. The quantitative estimate of drug-likeness (QED) is 0.527. The summed E-state index contributed by atoms with van der Waals surface area (Å²) in [7, 11) is 0. The van der Waals surface area contributed by atoms with Crippen LogP contribution in [0.1, 0.15) is 25.7 Å². The molecule has 0 saturated heterocycles. The SMILES string of the molecule is NC(=O)CNC(=O)NC1CCCCC1C(=O)O. The van der Waals surface area contributed by atoms with Gasteiger partial charge in [-0.1, -0.05) is 12.8 Å². The highest BCUT2D eigenvalue weighted by atomic mass is 16.4. The summed E-state index contributed by atoms with van der Waals surface area (Å²) in [4.78, 5) is 32.8. The first-order chi connectivity index (χ1) is 8.00. The topological polar surface area (TPSA) is 122 Å². The van der Waals surface area contributed by atoms with E-state index in [0.717, 1.165) is 12.8 Å². The number of urea groups is 1. The average molecular weight is 243 g/mol. The van der Waals surface area contributed by atoms with Gasteiger partial charge in [0.25, 0.3) is 0 Å². The van der Waals surface area contributed by atoms with E-state index in [1.165, 1.54) is 0 Å². The van der Waals surface area contributed by atoms with Gasteiger partial charge in [-0.15, -0.1) is 0 Å². The van der Waals surface area contributed by atoms with Gasteiger partial charge in [-0.2, -0.15) is 0 Å². The summed E-state index contributed by atoms with van der Waals surface area (Å²) in [6, 6.07) is -0.934. The highest BCUT2D eigenvalue weighted by Gasteiger charge is 2.31. The van der Waals surface area contributed by atoms with Crippen LogP contribution in [0.15, 0.2) is 0 Å². The Morgan fingerprint density at radius 2 is 1.88 bits per heavy atom. The van der Waals surface area contributed by atoms with E-state index in [-0.39, 0.29) is 12.6 Å².